The molecule has 0 bridgehead atoms. The molecule has 0 fully saturated rings. The molecule has 47 heavy (non-hydrogen) atoms. The van der Waals surface area contributed by atoms with E-state index in [2.05, 4.69) is 58.3 Å². The molecule has 0 aromatic carbocycles. The van der Waals surface area contributed by atoms with Crippen molar-refractivity contribution in [3.63, 3.8) is 0 Å². The van der Waals surface area contributed by atoms with Gasteiger partial charge in [0.25, 0.3) is 0 Å². The Bertz CT molecular complexity index is 528. The zero-order chi connectivity index (χ0) is 38.7. The second kappa shape index (κ2) is 80.3. The van der Waals surface area contributed by atoms with Crippen molar-refractivity contribution in [3.8, 4) is 0 Å². The van der Waals surface area contributed by atoms with Gasteiger partial charge in [0.1, 0.15) is 0 Å². The van der Waals surface area contributed by atoms with E-state index in [4.69, 9.17) is 60.7 Å². The van der Waals surface area contributed by atoms with Crippen molar-refractivity contribution in [2.45, 2.75) is 108 Å². The van der Waals surface area contributed by atoms with Crippen LogP contribution in [0.5, 0.6) is 0 Å². The molecule has 0 saturated heterocycles. The molecule has 0 aliphatic heterocycles. The average Bonchev–Trinajstić information content (AvgIpc) is 2.93. The first kappa shape index (κ1) is 72.2. The van der Waals surface area contributed by atoms with Crippen molar-refractivity contribution < 1.29 is 7.96 Å². The monoisotopic (exact) mass is 962 g/mol. The number of nitrogens with zero attached hydrogens (tertiary/aromatic N) is 6. The maximum atomic E-state index is 10.9. The predicted molar refractivity (Wildman–Crippen MR) is 207 cm³/mol. The minimum atomic E-state index is -0.305. The standard InChI is InChI=1S/C18H37O.2C3H9S.Ba.6HNO2.Sb.4H/c1-4-7-10-12-15-17(14-9-6-3)18(19)16-13-11-8-5-2;2*1-4(2)3;;6*2-1-3;;;;;/h17,19H,4-16H2,1-3H3;2*1-3H3;;6*(H,2,3);;;;;/q;2*+1;+2;;;;;;;;;;2*-1/p-6. The Kier molecular flexibility index (Phi) is 123. The van der Waals surface area contributed by atoms with Crippen LogP contribution >= 0.6 is 0 Å². The molecular formula is C24H59BaN6O13S2Sb-4. The summed E-state index contributed by atoms with van der Waals surface area (Å²) in [6.07, 6.45) is 29.7. The molecule has 0 spiro atoms. The van der Waals surface area contributed by atoms with Crippen LogP contribution in [-0.4, -0.2) is 118 Å². The first-order valence-corrected chi connectivity index (χ1v) is 20.3. The summed E-state index contributed by atoms with van der Waals surface area (Å²) >= 11 is 1.02. The van der Waals surface area contributed by atoms with E-state index in [9.17, 15) is 5.11 Å². The molecule has 0 heterocycles. The van der Waals surface area contributed by atoms with Gasteiger partial charge in [-0.05, 0) is 21.8 Å². The van der Waals surface area contributed by atoms with Crippen molar-refractivity contribution in [2.24, 2.45) is 38.0 Å². The Hall–Kier alpha value is -0.550. The van der Waals surface area contributed by atoms with Crippen LogP contribution in [0.25, 0.3) is 0 Å². The van der Waals surface area contributed by atoms with Crippen LogP contribution in [0, 0.1) is 66.6 Å². The summed E-state index contributed by atoms with van der Waals surface area (Å²) in [6.45, 7) is 6.79. The van der Waals surface area contributed by atoms with Crippen LogP contribution < -0.4 is 0 Å². The molecular weight excluding hydrogens is 904 g/mol. The third-order valence-electron chi connectivity index (χ3n) is 4.45. The summed E-state index contributed by atoms with van der Waals surface area (Å²) in [5.41, 5.74) is 0. The van der Waals surface area contributed by atoms with Gasteiger partial charge in [-0.25, -0.2) is 0 Å². The molecule has 23 heteroatoms. The quantitative estimate of drug-likeness (QED) is 0.0584. The van der Waals surface area contributed by atoms with E-state index in [1.807, 2.05) is 0 Å². The number of hydrogen-bond acceptors (Lipinski definition) is 19. The van der Waals surface area contributed by atoms with Gasteiger partial charge in [-0.15, -0.1) is 32.0 Å². The molecule has 1 N–H and O–H groups in total. The van der Waals surface area contributed by atoms with Gasteiger partial charge in [0.05, 0.1) is 37.5 Å². The molecule has 2 atom stereocenters. The fourth-order valence-corrected chi connectivity index (χ4v) is 4.49. The molecule has 2 unspecified atom stereocenters. The van der Waals surface area contributed by atoms with Gasteiger partial charge in [-0.2, -0.15) is 0 Å². The molecule has 0 aromatic rings. The molecule has 0 aliphatic rings. The van der Waals surface area contributed by atoms with Gasteiger partial charge >= 0.3 is 191 Å². The zero-order valence-electron chi connectivity index (χ0n) is 31.4. The fourth-order valence-electron chi connectivity index (χ4n) is 2.95. The molecule has 0 amide bonds. The van der Waals surface area contributed by atoms with Crippen LogP contribution in [0.2, 0.25) is 0 Å². The molecule has 0 rings (SSSR count). The maximum Gasteiger partial charge on any atom is 2.00 e. The van der Waals surface area contributed by atoms with Crippen LogP contribution in [0.3, 0.4) is 0 Å². The summed E-state index contributed by atoms with van der Waals surface area (Å²) in [5.74, 6) is 0.573. The van der Waals surface area contributed by atoms with Crippen LogP contribution in [0.1, 0.15) is 107 Å². The molecule has 0 saturated carbocycles. The Balaban J connectivity index is -0.0000000388. The molecule has 0 aromatic heterocycles. The summed E-state index contributed by atoms with van der Waals surface area (Å²) in [7, 11) is 1.28. The van der Waals surface area contributed by atoms with E-state index >= 15 is 0 Å². The number of hydrogen-bond donors (Lipinski definition) is 1. The normalized spacial score (nSPS) is 9.89. The summed E-state index contributed by atoms with van der Waals surface area (Å²) in [5, 5.41) is 64.9. The predicted octanol–water partition coefficient (Wildman–Crippen LogP) is 7.39. The Morgan fingerprint density at radius 3 is 1.00 bits per heavy atom. The molecule has 286 valence electrons. The minimum Gasteiger partial charge on any atom is -1.00 e. The number of unbranched alkanes of at least 4 members (excludes halogenated alkanes) is 7. The van der Waals surface area contributed by atoms with E-state index in [0.717, 1.165) is 61.5 Å². The average molecular weight is 963 g/mol. The second-order valence-electron chi connectivity index (χ2n) is 9.39. The number of aliphatic hydroxyl groups is 1. The van der Waals surface area contributed by atoms with Crippen molar-refractivity contribution in [2.75, 3.05) is 37.5 Å². The first-order chi connectivity index (χ1) is 21.5. The fraction of sp³-hybridized carbons (Fsp3) is 1.00. The van der Waals surface area contributed by atoms with Gasteiger partial charge in [0, 0.05) is 0 Å². The molecule has 19 nitrogen and oxygen atoms in total. The zero-order valence-corrected chi connectivity index (χ0v) is 38.8. The minimum absolute atomic E-state index is 0. The summed E-state index contributed by atoms with van der Waals surface area (Å²) < 4.78 is -0.305. The van der Waals surface area contributed by atoms with E-state index in [1.165, 1.54) is 77.0 Å². The van der Waals surface area contributed by atoms with Gasteiger partial charge in [0.2, 0.25) is 0 Å². The first-order valence-electron chi connectivity index (χ1n) is 13.7. The van der Waals surface area contributed by atoms with Gasteiger partial charge in [-0.3, -0.25) is 0 Å². The molecule has 0 radical (unpaired) electrons. The second-order valence-corrected chi connectivity index (χ2v) is 17.1. The van der Waals surface area contributed by atoms with Crippen molar-refractivity contribution >= 4 is 93.7 Å². The third-order valence-corrected chi connectivity index (χ3v) is 6.62. The van der Waals surface area contributed by atoms with Crippen molar-refractivity contribution in [1.29, 1.82) is 0 Å². The van der Waals surface area contributed by atoms with Crippen molar-refractivity contribution in [3.05, 3.63) is 60.7 Å². The smallest absolute Gasteiger partial charge is 1.00 e. The number of rotatable bonds is 14. The van der Waals surface area contributed by atoms with Gasteiger partial charge in [-0.1, -0.05) is 0 Å². The van der Waals surface area contributed by atoms with E-state index in [0.29, 0.717) is 27.7 Å². The van der Waals surface area contributed by atoms with Crippen LogP contribution in [0.15, 0.2) is 32.0 Å². The van der Waals surface area contributed by atoms with E-state index in [-0.39, 0.29) is 55.3 Å². The Labute approximate surface area is 342 Å². The maximum absolute atomic E-state index is 10.9. The Morgan fingerprint density at radius 1 is 0.553 bits per heavy atom. The topological polar surface area (TPSA) is 335 Å². The third kappa shape index (κ3) is 170. The largest absolute Gasteiger partial charge is 2.00 e. The van der Waals surface area contributed by atoms with Gasteiger partial charge < -0.3 is 63.5 Å². The van der Waals surface area contributed by atoms with Crippen LogP contribution in [0.4, 0.5) is 0 Å². The van der Waals surface area contributed by atoms with E-state index in [1.54, 1.807) is 0 Å². The SMILES string of the molecule is CCCCCCC(CCCC)[C](O)([SbH2])CCCCCC.C[S+](C)C.C[S+](C)C.O=N[O-].O=N[O-].O=N[O-].O=N[O-].O=N[O-].O=N[O-].[Ba+2].[H-].[H-]. The molecule has 0 aliphatic carbocycles. The summed E-state index contributed by atoms with van der Waals surface area (Å²) in [6, 6.07) is 0. The van der Waals surface area contributed by atoms with Crippen LogP contribution in [-0.2, 0) is 21.8 Å². The van der Waals surface area contributed by atoms with Crippen molar-refractivity contribution in [1.82, 2.24) is 0 Å². The Morgan fingerprint density at radius 2 is 0.766 bits per heavy atom. The van der Waals surface area contributed by atoms with E-state index < -0.39 is 0 Å². The van der Waals surface area contributed by atoms with Gasteiger partial charge in [0.15, 0.2) is 0 Å². The summed E-state index contributed by atoms with van der Waals surface area (Å²) in [4.78, 5) is 48.0.